The first kappa shape index (κ1) is 64.7. The molecule has 20 nitrogen and oxygen atoms in total. The van der Waals surface area contributed by atoms with Crippen LogP contribution in [0, 0.1) is 35.5 Å². The van der Waals surface area contributed by atoms with Crippen LogP contribution in [-0.2, 0) is 52.7 Å². The van der Waals surface area contributed by atoms with Gasteiger partial charge in [-0.15, -0.1) is 0 Å². The molecule has 0 spiro atoms. The molecule has 20 heteroatoms. The molecule has 1 saturated heterocycles. The number of carboxylic acid groups (broad SMARTS) is 1. The molecule has 0 aromatic heterocycles. The molecule has 0 aromatic carbocycles. The highest BCUT2D eigenvalue weighted by Crippen LogP contribution is 2.19. The standard InChI is InChI=1S/C52H92N8O12/c1-29(2)20-18-16-14-13-15-17-19-21-35-27-42(62)54-36(22-23-41(53)61)46(65)55-37(24-30(3)4)47(66)56-38(25-31(5)6)49(68)59-44(33(9)10)51(70)58-40(28-43(63)64)48(67)57-39(26-32(7)8)50(69)60-45(34(11)12)52(71)72-35/h29-40,44-45H,13-28H2,1-12H3,(H2,53,61)(H,54,62)(H,55,65)(H,56,66)(H,57,67)(H,58,70)(H,59,68)(H,60,69)(H,63,64)/t35-,36-,37+,38+,39+,40+,44-,45+/m0/s1. The zero-order valence-electron chi connectivity index (χ0n) is 45.4. The lowest BCUT2D eigenvalue weighted by Gasteiger charge is -2.29. The fraction of sp³-hybridized carbons (Fsp3) is 0.808. The van der Waals surface area contributed by atoms with Gasteiger partial charge < -0.3 is 52.8 Å². The van der Waals surface area contributed by atoms with E-state index in [0.29, 0.717) is 12.3 Å². The first-order chi connectivity index (χ1) is 33.6. The Bertz CT molecular complexity index is 1790. The van der Waals surface area contributed by atoms with E-state index in [2.05, 4.69) is 51.1 Å². The van der Waals surface area contributed by atoms with Gasteiger partial charge in [-0.1, -0.05) is 128 Å². The van der Waals surface area contributed by atoms with E-state index in [-0.39, 0.29) is 56.3 Å². The van der Waals surface area contributed by atoms with Crippen LogP contribution in [0.25, 0.3) is 0 Å². The summed E-state index contributed by atoms with van der Waals surface area (Å²) in [4.78, 5) is 137. The zero-order chi connectivity index (χ0) is 54.8. The Balaban J connectivity index is 3.92. The lowest BCUT2D eigenvalue weighted by atomic mass is 9.98. The number of esters is 1. The Hall–Kier alpha value is -5.30. The van der Waals surface area contributed by atoms with Crippen molar-refractivity contribution in [2.45, 2.75) is 234 Å². The fourth-order valence-electron chi connectivity index (χ4n) is 8.38. The number of carboxylic acids is 1. The minimum Gasteiger partial charge on any atom is -0.481 e. The second kappa shape index (κ2) is 33.4. The number of hydrogen-bond acceptors (Lipinski definition) is 11. The zero-order valence-corrected chi connectivity index (χ0v) is 45.4. The summed E-state index contributed by atoms with van der Waals surface area (Å²) in [6.45, 7) is 21.8. The molecule has 1 fully saturated rings. The number of hydrogen-bond donors (Lipinski definition) is 9. The van der Waals surface area contributed by atoms with Crippen LogP contribution in [0.5, 0.6) is 0 Å². The van der Waals surface area contributed by atoms with E-state index in [1.165, 1.54) is 6.42 Å². The number of unbranched alkanes of at least 4 members (excludes halogenated alkanes) is 6. The van der Waals surface area contributed by atoms with E-state index in [9.17, 15) is 53.1 Å². The van der Waals surface area contributed by atoms with Crippen LogP contribution in [0.15, 0.2) is 0 Å². The first-order valence-electron chi connectivity index (χ1n) is 26.4. The number of nitrogens with one attached hydrogen (secondary N) is 7. The maximum absolute atomic E-state index is 14.1. The van der Waals surface area contributed by atoms with Crippen LogP contribution in [-0.4, -0.2) is 113 Å². The largest absolute Gasteiger partial charge is 0.481 e. The topological polar surface area (TPSA) is 310 Å². The monoisotopic (exact) mass is 1020 g/mol. The Labute approximate surface area is 428 Å². The Morgan fingerprint density at radius 1 is 0.500 bits per heavy atom. The van der Waals surface area contributed by atoms with Gasteiger partial charge in [0, 0.05) is 6.42 Å². The van der Waals surface area contributed by atoms with Crippen molar-refractivity contribution in [3.05, 3.63) is 0 Å². The number of nitrogens with two attached hydrogens (primary N) is 1. The second-order valence-electron chi connectivity index (χ2n) is 22.0. The molecule has 10 N–H and O–H groups in total. The smallest absolute Gasteiger partial charge is 0.329 e. The summed E-state index contributed by atoms with van der Waals surface area (Å²) in [5, 5.41) is 28.3. The van der Waals surface area contributed by atoms with Crippen molar-refractivity contribution in [1.29, 1.82) is 0 Å². The van der Waals surface area contributed by atoms with Crippen molar-refractivity contribution in [3.63, 3.8) is 0 Å². The molecule has 0 aromatic rings. The number of primary amides is 1. The summed E-state index contributed by atoms with van der Waals surface area (Å²) in [5.41, 5.74) is 5.48. The van der Waals surface area contributed by atoms with E-state index in [1.54, 1.807) is 41.5 Å². The third kappa shape index (κ3) is 26.4. The molecule has 1 aliphatic rings. The van der Waals surface area contributed by atoms with Crippen molar-refractivity contribution >= 4 is 59.2 Å². The fourth-order valence-corrected chi connectivity index (χ4v) is 8.38. The Morgan fingerprint density at radius 3 is 1.33 bits per heavy atom. The van der Waals surface area contributed by atoms with Gasteiger partial charge in [0.2, 0.25) is 47.3 Å². The second-order valence-corrected chi connectivity index (χ2v) is 22.0. The van der Waals surface area contributed by atoms with Crippen LogP contribution < -0.4 is 43.0 Å². The summed E-state index contributed by atoms with van der Waals surface area (Å²) in [6.07, 6.45) is 5.46. The third-order valence-corrected chi connectivity index (χ3v) is 12.3. The Kier molecular flexibility index (Phi) is 30.0. The van der Waals surface area contributed by atoms with Crippen molar-refractivity contribution < 1.29 is 57.8 Å². The SMILES string of the molecule is CC(C)CCCCCCCCC[C@H]1CC(=O)N[C@@H](CCC(N)=O)C(=O)N[C@H](CC(C)C)C(=O)N[C@H](CC(C)C)C(=O)N[C@@H](C(C)C)C(=O)N[C@H](CC(=O)O)C(=O)N[C@H](CC(C)C)C(=O)N[C@H](C(C)C)C(=O)O1. The van der Waals surface area contributed by atoms with Crippen molar-refractivity contribution in [1.82, 2.24) is 37.2 Å². The van der Waals surface area contributed by atoms with Gasteiger partial charge in [0.15, 0.2) is 0 Å². The number of carbonyl (C=O) groups is 10. The van der Waals surface area contributed by atoms with E-state index < -0.39 is 132 Å². The highest BCUT2D eigenvalue weighted by Gasteiger charge is 2.37. The van der Waals surface area contributed by atoms with Gasteiger partial charge >= 0.3 is 11.9 Å². The quantitative estimate of drug-likeness (QED) is 0.0517. The number of amides is 8. The molecule has 412 valence electrons. The molecule has 1 aliphatic heterocycles. The lowest BCUT2D eigenvalue weighted by Crippen LogP contribution is -2.61. The molecule has 1 rings (SSSR count). The summed E-state index contributed by atoms with van der Waals surface area (Å²) < 4.78 is 6.02. The molecule has 0 radical (unpaired) electrons. The highest BCUT2D eigenvalue weighted by molar-refractivity contribution is 5.98. The molecular weight excluding hydrogens is 929 g/mol. The number of rotatable bonds is 23. The third-order valence-electron chi connectivity index (χ3n) is 12.3. The molecule has 8 atom stereocenters. The molecule has 0 bridgehead atoms. The van der Waals surface area contributed by atoms with Crippen molar-refractivity contribution in [3.8, 4) is 0 Å². The first-order valence-corrected chi connectivity index (χ1v) is 26.4. The van der Waals surface area contributed by atoms with Crippen LogP contribution in [0.4, 0.5) is 0 Å². The van der Waals surface area contributed by atoms with Crippen molar-refractivity contribution in [2.24, 2.45) is 41.2 Å². The number of carbonyl (C=O) groups excluding carboxylic acids is 9. The number of aliphatic carboxylic acids is 1. The van der Waals surface area contributed by atoms with Crippen LogP contribution >= 0.6 is 0 Å². The van der Waals surface area contributed by atoms with Crippen LogP contribution in [0.1, 0.15) is 186 Å². The van der Waals surface area contributed by atoms with Crippen LogP contribution in [0.2, 0.25) is 0 Å². The molecule has 1 heterocycles. The van der Waals surface area contributed by atoms with Gasteiger partial charge in [0.25, 0.3) is 0 Å². The van der Waals surface area contributed by atoms with Gasteiger partial charge in [0.1, 0.15) is 48.4 Å². The van der Waals surface area contributed by atoms with Gasteiger partial charge in [-0.2, -0.15) is 0 Å². The van der Waals surface area contributed by atoms with E-state index in [4.69, 9.17) is 10.5 Å². The normalized spacial score (nSPS) is 24.2. The molecule has 0 unspecified atom stereocenters. The molecular formula is C52H92N8O12. The molecule has 0 aliphatic carbocycles. The molecule has 8 amide bonds. The number of ether oxygens (including phenoxy) is 1. The summed E-state index contributed by atoms with van der Waals surface area (Å²) in [6, 6.07) is -9.50. The van der Waals surface area contributed by atoms with Gasteiger partial charge in [-0.05, 0) is 74.0 Å². The number of cyclic esters (lactones) is 1. The minimum atomic E-state index is -1.72. The van der Waals surface area contributed by atoms with Gasteiger partial charge in [-0.25, -0.2) is 4.79 Å². The van der Waals surface area contributed by atoms with E-state index >= 15 is 0 Å². The summed E-state index contributed by atoms with van der Waals surface area (Å²) in [7, 11) is 0. The maximum atomic E-state index is 14.1. The lowest BCUT2D eigenvalue weighted by molar-refractivity contribution is -0.156. The van der Waals surface area contributed by atoms with Gasteiger partial charge in [-0.3, -0.25) is 43.2 Å². The molecule has 0 saturated carbocycles. The summed E-state index contributed by atoms with van der Waals surface area (Å²) in [5.74, 6) is -9.85. The average Bonchev–Trinajstić information content (AvgIpc) is 3.25. The van der Waals surface area contributed by atoms with Crippen LogP contribution in [0.3, 0.4) is 0 Å². The maximum Gasteiger partial charge on any atom is 0.329 e. The Morgan fingerprint density at radius 2 is 0.903 bits per heavy atom. The highest BCUT2D eigenvalue weighted by atomic mass is 16.5. The van der Waals surface area contributed by atoms with Gasteiger partial charge in [0.05, 0.1) is 12.8 Å². The molecule has 72 heavy (non-hydrogen) atoms. The predicted molar refractivity (Wildman–Crippen MR) is 273 cm³/mol. The van der Waals surface area contributed by atoms with E-state index in [0.717, 1.165) is 38.5 Å². The average molecular weight is 1020 g/mol. The predicted octanol–water partition coefficient (Wildman–Crippen LogP) is 4.05. The summed E-state index contributed by atoms with van der Waals surface area (Å²) >= 11 is 0. The van der Waals surface area contributed by atoms with E-state index in [1.807, 2.05) is 27.7 Å². The minimum absolute atomic E-state index is 0.0435. The van der Waals surface area contributed by atoms with Crippen molar-refractivity contribution in [2.75, 3.05) is 0 Å².